The largest absolute Gasteiger partial charge is 0.369 e. The third-order valence-electron chi connectivity index (χ3n) is 3.71. The number of carbonyl (C=O) groups excluding carboxylic acids is 1. The summed E-state index contributed by atoms with van der Waals surface area (Å²) in [7, 11) is 0. The molecule has 2 N–H and O–H groups in total. The van der Waals surface area contributed by atoms with Crippen molar-refractivity contribution in [2.45, 2.75) is 13.0 Å². The minimum atomic E-state index is -0.279. The van der Waals surface area contributed by atoms with Crippen molar-refractivity contribution in [1.82, 2.24) is 5.32 Å². The van der Waals surface area contributed by atoms with Crippen molar-refractivity contribution in [3.05, 3.63) is 22.7 Å². The van der Waals surface area contributed by atoms with Gasteiger partial charge in [0.2, 0.25) is 5.91 Å². The summed E-state index contributed by atoms with van der Waals surface area (Å²) < 4.78 is 0. The second-order valence-corrected chi connectivity index (χ2v) is 6.60. The van der Waals surface area contributed by atoms with Crippen molar-refractivity contribution in [3.8, 4) is 0 Å². The van der Waals surface area contributed by atoms with Gasteiger partial charge in [-0.05, 0) is 18.7 Å². The number of hydrogen-bond acceptors (Lipinski definition) is 4. The molecule has 1 aromatic carbocycles. The highest BCUT2D eigenvalue weighted by Crippen LogP contribution is 2.39. The molecular weight excluding hydrogens is 294 g/mol. The van der Waals surface area contributed by atoms with E-state index < -0.39 is 0 Å². The van der Waals surface area contributed by atoms with Gasteiger partial charge in [-0.15, -0.1) is 0 Å². The van der Waals surface area contributed by atoms with E-state index in [9.17, 15) is 4.79 Å². The molecule has 0 spiro atoms. The Bertz CT molecular complexity index is 531. The molecule has 0 aliphatic carbocycles. The summed E-state index contributed by atoms with van der Waals surface area (Å²) in [5.74, 6) is 2.25. The smallest absolute Gasteiger partial charge is 0.246 e. The van der Waals surface area contributed by atoms with E-state index in [2.05, 4.69) is 15.5 Å². The van der Waals surface area contributed by atoms with Gasteiger partial charge in [0, 0.05) is 35.8 Å². The van der Waals surface area contributed by atoms with Crippen LogP contribution in [0.1, 0.15) is 18.5 Å². The van der Waals surface area contributed by atoms with Crippen molar-refractivity contribution in [2.24, 2.45) is 0 Å². The molecule has 1 amide bonds. The van der Waals surface area contributed by atoms with Crippen molar-refractivity contribution in [3.63, 3.8) is 0 Å². The number of anilines is 2. The number of nitrogens with one attached hydrogen (secondary N) is 2. The highest BCUT2D eigenvalue weighted by Gasteiger charge is 2.31. The fourth-order valence-corrected chi connectivity index (χ4v) is 3.92. The zero-order valence-electron chi connectivity index (χ0n) is 11.4. The summed E-state index contributed by atoms with van der Waals surface area (Å²) in [6.45, 7) is 4.76. The fraction of sp³-hybridized carbons (Fsp3) is 0.500. The van der Waals surface area contributed by atoms with Gasteiger partial charge in [0.1, 0.15) is 6.04 Å². The molecule has 2 aliphatic rings. The van der Waals surface area contributed by atoms with E-state index in [1.807, 2.05) is 30.8 Å². The predicted octanol–water partition coefficient (Wildman–Crippen LogP) is 2.50. The normalized spacial score (nSPS) is 21.8. The first-order valence-corrected chi connectivity index (χ1v) is 8.44. The minimum Gasteiger partial charge on any atom is -0.369 e. The Kier molecular flexibility index (Phi) is 4.10. The molecule has 20 heavy (non-hydrogen) atoms. The predicted molar refractivity (Wildman–Crippen MR) is 86.0 cm³/mol. The van der Waals surface area contributed by atoms with Crippen LogP contribution < -0.4 is 15.5 Å². The van der Waals surface area contributed by atoms with E-state index in [0.29, 0.717) is 0 Å². The molecule has 3 rings (SSSR count). The molecule has 1 saturated heterocycles. The lowest BCUT2D eigenvalue weighted by atomic mass is 10.1. The Hall–Kier alpha value is -0.910. The Morgan fingerprint density at radius 1 is 1.45 bits per heavy atom. The average Bonchev–Trinajstić information content (AvgIpc) is 2.75. The number of likely N-dealkylation sites (N-methyl/N-ethyl adjacent to an activating group) is 1. The van der Waals surface area contributed by atoms with Gasteiger partial charge in [-0.25, -0.2) is 0 Å². The summed E-state index contributed by atoms with van der Waals surface area (Å²) in [5, 5.41) is 6.87. The Morgan fingerprint density at radius 3 is 2.90 bits per heavy atom. The van der Waals surface area contributed by atoms with Gasteiger partial charge in [0.15, 0.2) is 0 Å². The molecule has 2 aliphatic heterocycles. The second-order valence-electron chi connectivity index (χ2n) is 4.97. The molecule has 108 valence electrons. The molecule has 1 unspecified atom stereocenters. The van der Waals surface area contributed by atoms with Gasteiger partial charge >= 0.3 is 0 Å². The van der Waals surface area contributed by atoms with Gasteiger partial charge in [-0.3, -0.25) is 4.79 Å². The van der Waals surface area contributed by atoms with Crippen LogP contribution in [-0.2, 0) is 4.79 Å². The van der Waals surface area contributed by atoms with Crippen LogP contribution in [0.2, 0.25) is 5.02 Å². The summed E-state index contributed by atoms with van der Waals surface area (Å²) >= 11 is 8.41. The van der Waals surface area contributed by atoms with E-state index in [1.165, 1.54) is 0 Å². The Labute approximate surface area is 128 Å². The van der Waals surface area contributed by atoms with Crippen LogP contribution in [0.15, 0.2) is 12.1 Å². The summed E-state index contributed by atoms with van der Waals surface area (Å²) in [6, 6.07) is 3.67. The Balaban J connectivity index is 1.93. The zero-order chi connectivity index (χ0) is 14.1. The molecule has 0 saturated carbocycles. The van der Waals surface area contributed by atoms with E-state index in [0.717, 1.165) is 53.1 Å². The first kappa shape index (κ1) is 14.0. The molecule has 1 aromatic rings. The fourth-order valence-electron chi connectivity index (χ4n) is 2.72. The second kappa shape index (κ2) is 5.84. The quantitative estimate of drug-likeness (QED) is 0.900. The molecule has 1 fully saturated rings. The molecule has 4 nitrogen and oxygen atoms in total. The zero-order valence-corrected chi connectivity index (χ0v) is 13.0. The number of fused-ring (bicyclic) bond motifs is 1. The van der Waals surface area contributed by atoms with Crippen LogP contribution in [0.25, 0.3) is 0 Å². The maximum absolute atomic E-state index is 12.0. The first-order valence-electron chi connectivity index (χ1n) is 6.91. The minimum absolute atomic E-state index is 0.00395. The molecule has 6 heteroatoms. The summed E-state index contributed by atoms with van der Waals surface area (Å²) in [4.78, 5) is 14.3. The van der Waals surface area contributed by atoms with E-state index in [-0.39, 0.29) is 11.9 Å². The number of thioether (sulfide) groups is 1. The molecule has 0 aromatic heterocycles. The van der Waals surface area contributed by atoms with Crippen molar-refractivity contribution >= 4 is 40.6 Å². The van der Waals surface area contributed by atoms with Crippen molar-refractivity contribution in [2.75, 3.05) is 41.4 Å². The van der Waals surface area contributed by atoms with Gasteiger partial charge in [-0.1, -0.05) is 18.5 Å². The van der Waals surface area contributed by atoms with Crippen LogP contribution in [-0.4, -0.2) is 37.0 Å². The van der Waals surface area contributed by atoms with Crippen molar-refractivity contribution in [1.29, 1.82) is 0 Å². The number of amides is 1. The van der Waals surface area contributed by atoms with Gasteiger partial charge in [0.05, 0.1) is 10.7 Å². The number of carbonyl (C=O) groups is 1. The number of hydrogen-bond donors (Lipinski definition) is 2. The lowest BCUT2D eigenvalue weighted by Gasteiger charge is -2.29. The van der Waals surface area contributed by atoms with E-state index in [1.54, 1.807) is 0 Å². The van der Waals surface area contributed by atoms with Crippen LogP contribution in [0.5, 0.6) is 0 Å². The maximum Gasteiger partial charge on any atom is 0.246 e. The standard InChI is InChI=1S/C14H18ClN3OS/c1-2-16-13-9-7-10(15)12(8-11(9)17-14(13)19)18-3-5-20-6-4-18/h7-8,13,16H,2-6H2,1H3,(H,17,19). The van der Waals surface area contributed by atoms with Crippen LogP contribution in [0.4, 0.5) is 11.4 Å². The van der Waals surface area contributed by atoms with Crippen molar-refractivity contribution < 1.29 is 4.79 Å². The molecule has 0 bridgehead atoms. The molecule has 2 heterocycles. The average molecular weight is 312 g/mol. The van der Waals surface area contributed by atoms with Crippen LogP contribution >= 0.6 is 23.4 Å². The highest BCUT2D eigenvalue weighted by molar-refractivity contribution is 7.99. The molecular formula is C14H18ClN3OS. The van der Waals surface area contributed by atoms with E-state index >= 15 is 0 Å². The molecule has 1 atom stereocenters. The maximum atomic E-state index is 12.0. The first-order chi connectivity index (χ1) is 9.70. The van der Waals surface area contributed by atoms with Crippen LogP contribution in [0.3, 0.4) is 0 Å². The summed E-state index contributed by atoms with van der Waals surface area (Å²) in [6.07, 6.45) is 0. The van der Waals surface area contributed by atoms with Gasteiger partial charge < -0.3 is 15.5 Å². The Morgan fingerprint density at radius 2 is 2.20 bits per heavy atom. The summed E-state index contributed by atoms with van der Waals surface area (Å²) in [5.41, 5.74) is 2.87. The number of nitrogens with zero attached hydrogens (tertiary/aromatic N) is 1. The number of rotatable bonds is 3. The lowest BCUT2D eigenvalue weighted by molar-refractivity contribution is -0.117. The third-order valence-corrected chi connectivity index (χ3v) is 4.96. The molecule has 0 radical (unpaired) electrons. The number of halogens is 1. The number of benzene rings is 1. The SMILES string of the molecule is CCNC1C(=O)Nc2cc(N3CCSCC3)c(Cl)cc21. The topological polar surface area (TPSA) is 44.4 Å². The van der Waals surface area contributed by atoms with Gasteiger partial charge in [-0.2, -0.15) is 11.8 Å². The van der Waals surface area contributed by atoms with Gasteiger partial charge in [0.25, 0.3) is 0 Å². The van der Waals surface area contributed by atoms with E-state index in [4.69, 9.17) is 11.6 Å². The monoisotopic (exact) mass is 311 g/mol. The third kappa shape index (κ3) is 2.50. The lowest BCUT2D eigenvalue weighted by Crippen LogP contribution is -2.32. The van der Waals surface area contributed by atoms with Crippen LogP contribution in [0, 0.1) is 0 Å². The highest BCUT2D eigenvalue weighted by atomic mass is 35.5.